The van der Waals surface area contributed by atoms with E-state index in [1.807, 2.05) is 42.5 Å². The van der Waals surface area contributed by atoms with Crippen LogP contribution in [0.4, 0.5) is 5.69 Å². The van der Waals surface area contributed by atoms with Gasteiger partial charge in [-0.15, -0.1) is 0 Å². The standard InChI is InChI=1S/C18H21NO4/c1-20-15-8-7-12(9-14(15)19)5-6-13-10-16(21-2)18(23-4)17(11-13)22-3/h5-11H,19H2,1-4H3/p+1. The lowest BCUT2D eigenvalue weighted by molar-refractivity contribution is -0.256. The quantitative estimate of drug-likeness (QED) is 0.832. The van der Waals surface area contributed by atoms with Crippen LogP contribution in [0.15, 0.2) is 30.3 Å². The van der Waals surface area contributed by atoms with Crippen LogP contribution >= 0.6 is 0 Å². The van der Waals surface area contributed by atoms with Crippen LogP contribution in [-0.4, -0.2) is 28.4 Å². The fourth-order valence-corrected chi connectivity index (χ4v) is 2.29. The number of quaternary nitrogens is 1. The fourth-order valence-electron chi connectivity index (χ4n) is 2.29. The predicted molar refractivity (Wildman–Crippen MR) is 90.6 cm³/mol. The lowest BCUT2D eigenvalue weighted by Gasteiger charge is -2.12. The normalized spacial score (nSPS) is 10.7. The molecule has 0 unspecified atom stereocenters. The first kappa shape index (κ1) is 16.7. The number of rotatable bonds is 6. The molecule has 0 amide bonds. The molecule has 2 aromatic rings. The van der Waals surface area contributed by atoms with Gasteiger partial charge in [-0.2, -0.15) is 0 Å². The second kappa shape index (κ2) is 7.56. The van der Waals surface area contributed by atoms with Gasteiger partial charge in [0.05, 0.1) is 28.4 Å². The number of methoxy groups -OCH3 is 4. The predicted octanol–water partition coefficient (Wildman–Crippen LogP) is 2.76. The third-order valence-electron chi connectivity index (χ3n) is 3.46. The summed E-state index contributed by atoms with van der Waals surface area (Å²) in [5.74, 6) is 2.60. The first-order valence-electron chi connectivity index (χ1n) is 7.11. The van der Waals surface area contributed by atoms with Gasteiger partial charge >= 0.3 is 0 Å². The Bertz CT molecular complexity index is 685. The molecular formula is C18H22NO4+. The highest BCUT2D eigenvalue weighted by Gasteiger charge is 2.12. The molecule has 0 fully saturated rings. The molecule has 3 N–H and O–H groups in total. The van der Waals surface area contributed by atoms with Crippen molar-refractivity contribution in [2.24, 2.45) is 0 Å². The largest absolute Gasteiger partial charge is 0.493 e. The molecule has 0 aliphatic carbocycles. The van der Waals surface area contributed by atoms with Gasteiger partial charge < -0.3 is 24.7 Å². The molecule has 0 radical (unpaired) electrons. The van der Waals surface area contributed by atoms with E-state index in [-0.39, 0.29) is 0 Å². The molecule has 2 aromatic carbocycles. The van der Waals surface area contributed by atoms with Gasteiger partial charge in [0.2, 0.25) is 5.75 Å². The molecule has 0 saturated carbocycles. The summed E-state index contributed by atoms with van der Waals surface area (Å²) in [6, 6.07) is 9.63. The zero-order valence-corrected chi connectivity index (χ0v) is 13.9. The van der Waals surface area contributed by atoms with E-state index in [0.29, 0.717) is 17.2 Å². The summed E-state index contributed by atoms with van der Waals surface area (Å²) in [6.45, 7) is 0. The van der Waals surface area contributed by atoms with Gasteiger partial charge in [0.15, 0.2) is 22.9 Å². The van der Waals surface area contributed by atoms with E-state index in [9.17, 15) is 0 Å². The molecule has 0 atom stereocenters. The Hall–Kier alpha value is -2.66. The Morgan fingerprint density at radius 2 is 1.26 bits per heavy atom. The molecule has 0 aliphatic heterocycles. The van der Waals surface area contributed by atoms with E-state index in [2.05, 4.69) is 5.73 Å². The molecule has 5 heteroatoms. The molecule has 0 aliphatic rings. The summed E-state index contributed by atoms with van der Waals surface area (Å²) in [5.41, 5.74) is 6.79. The van der Waals surface area contributed by atoms with Crippen molar-refractivity contribution in [2.45, 2.75) is 0 Å². The van der Waals surface area contributed by atoms with Crippen LogP contribution in [-0.2, 0) is 0 Å². The minimum atomic E-state index is 0.580. The van der Waals surface area contributed by atoms with Crippen molar-refractivity contribution in [3.8, 4) is 23.0 Å². The SMILES string of the molecule is COc1ccc(C=Cc2cc(OC)c(OC)c(OC)c2)cc1[NH3+]. The summed E-state index contributed by atoms with van der Waals surface area (Å²) >= 11 is 0. The minimum Gasteiger partial charge on any atom is -0.493 e. The van der Waals surface area contributed by atoms with E-state index in [1.165, 1.54) is 0 Å². The summed E-state index contributed by atoms with van der Waals surface area (Å²) in [5, 5.41) is 0. The van der Waals surface area contributed by atoms with Crippen LogP contribution < -0.4 is 24.7 Å². The molecule has 122 valence electrons. The molecule has 0 heterocycles. The zero-order valence-electron chi connectivity index (χ0n) is 13.9. The molecule has 0 aromatic heterocycles. The fraction of sp³-hybridized carbons (Fsp3) is 0.222. The maximum Gasteiger partial charge on any atom is 0.203 e. The Balaban J connectivity index is 2.34. The second-order valence-corrected chi connectivity index (χ2v) is 4.86. The van der Waals surface area contributed by atoms with E-state index >= 15 is 0 Å². The maximum atomic E-state index is 5.36. The molecule has 0 spiro atoms. The summed E-state index contributed by atoms with van der Waals surface area (Å²) in [4.78, 5) is 0. The molecule has 0 saturated heterocycles. The van der Waals surface area contributed by atoms with Crippen LogP contribution in [0.5, 0.6) is 23.0 Å². The highest BCUT2D eigenvalue weighted by Crippen LogP contribution is 2.38. The van der Waals surface area contributed by atoms with Crippen LogP contribution in [0.2, 0.25) is 0 Å². The first-order chi connectivity index (χ1) is 11.1. The average molecular weight is 316 g/mol. The zero-order chi connectivity index (χ0) is 16.8. The van der Waals surface area contributed by atoms with Crippen molar-refractivity contribution in [2.75, 3.05) is 28.4 Å². The molecule has 23 heavy (non-hydrogen) atoms. The Labute approximate surface area is 136 Å². The number of hydrogen-bond acceptors (Lipinski definition) is 4. The second-order valence-electron chi connectivity index (χ2n) is 4.86. The van der Waals surface area contributed by atoms with Gasteiger partial charge in [-0.25, -0.2) is 0 Å². The number of hydrogen-bond donors (Lipinski definition) is 1. The van der Waals surface area contributed by atoms with Gasteiger partial charge in [-0.05, 0) is 29.3 Å². The Kier molecular flexibility index (Phi) is 5.49. The van der Waals surface area contributed by atoms with E-state index in [1.54, 1.807) is 28.4 Å². The van der Waals surface area contributed by atoms with Crippen molar-refractivity contribution in [1.29, 1.82) is 0 Å². The van der Waals surface area contributed by atoms with Gasteiger partial charge in [-0.3, -0.25) is 0 Å². The average Bonchev–Trinajstić information content (AvgIpc) is 2.58. The van der Waals surface area contributed by atoms with Gasteiger partial charge in [0, 0.05) is 6.07 Å². The van der Waals surface area contributed by atoms with Crippen molar-refractivity contribution in [1.82, 2.24) is 0 Å². The Morgan fingerprint density at radius 1 is 0.696 bits per heavy atom. The van der Waals surface area contributed by atoms with Crippen LogP contribution in [0.1, 0.15) is 11.1 Å². The third kappa shape index (κ3) is 3.76. The van der Waals surface area contributed by atoms with Crippen LogP contribution in [0.25, 0.3) is 12.2 Å². The molecular weight excluding hydrogens is 294 g/mol. The van der Waals surface area contributed by atoms with E-state index < -0.39 is 0 Å². The molecule has 2 rings (SSSR count). The van der Waals surface area contributed by atoms with Crippen LogP contribution in [0, 0.1) is 0 Å². The molecule has 5 nitrogen and oxygen atoms in total. The maximum absolute atomic E-state index is 5.36. The van der Waals surface area contributed by atoms with Crippen molar-refractivity contribution >= 4 is 17.8 Å². The van der Waals surface area contributed by atoms with Gasteiger partial charge in [-0.1, -0.05) is 18.2 Å². The first-order valence-corrected chi connectivity index (χ1v) is 7.11. The van der Waals surface area contributed by atoms with Crippen LogP contribution in [0.3, 0.4) is 0 Å². The number of ether oxygens (including phenoxy) is 4. The van der Waals surface area contributed by atoms with Gasteiger partial charge in [0.1, 0.15) is 0 Å². The topological polar surface area (TPSA) is 64.6 Å². The highest BCUT2D eigenvalue weighted by molar-refractivity contribution is 5.74. The number of benzene rings is 2. The summed E-state index contributed by atoms with van der Waals surface area (Å²) in [6.07, 6.45) is 3.97. The lowest BCUT2D eigenvalue weighted by Crippen LogP contribution is -2.40. The monoisotopic (exact) mass is 316 g/mol. The third-order valence-corrected chi connectivity index (χ3v) is 3.46. The molecule has 0 bridgehead atoms. The summed E-state index contributed by atoms with van der Waals surface area (Å²) in [7, 11) is 6.42. The smallest absolute Gasteiger partial charge is 0.203 e. The Morgan fingerprint density at radius 3 is 1.74 bits per heavy atom. The van der Waals surface area contributed by atoms with Gasteiger partial charge in [0.25, 0.3) is 0 Å². The van der Waals surface area contributed by atoms with Crippen molar-refractivity contribution < 1.29 is 24.7 Å². The minimum absolute atomic E-state index is 0.580. The van der Waals surface area contributed by atoms with E-state index in [4.69, 9.17) is 18.9 Å². The lowest BCUT2D eigenvalue weighted by atomic mass is 10.1. The highest BCUT2D eigenvalue weighted by atomic mass is 16.5. The van der Waals surface area contributed by atoms with E-state index in [0.717, 1.165) is 22.6 Å². The van der Waals surface area contributed by atoms with Crippen molar-refractivity contribution in [3.05, 3.63) is 41.5 Å². The summed E-state index contributed by atoms with van der Waals surface area (Å²) < 4.78 is 21.2. The van der Waals surface area contributed by atoms with Crippen molar-refractivity contribution in [3.63, 3.8) is 0 Å².